The van der Waals surface area contributed by atoms with Crippen molar-refractivity contribution in [1.29, 1.82) is 0 Å². The standard InChI is InChI=1S/C10H13N4O7P/c11-10-12-7-4(8(16)13-10)1-2-14(7)9-6(15)5(3-20-9)21-22(17,18)19/h1-2,5-6,9,15H,3H2,(H2,17,18,19)(H3,11,12,13,16)/t5-,6+,9+/m0/s1. The molecule has 2 aromatic rings. The lowest BCUT2D eigenvalue weighted by Crippen LogP contribution is -2.30. The number of hydrogen-bond acceptors (Lipinski definition) is 7. The lowest BCUT2D eigenvalue weighted by atomic mass is 10.2. The molecule has 12 heteroatoms. The summed E-state index contributed by atoms with van der Waals surface area (Å²) in [5.74, 6) is -0.104. The molecule has 0 aromatic carbocycles. The minimum absolute atomic E-state index is 0.104. The Kier molecular flexibility index (Phi) is 3.56. The fourth-order valence-corrected chi connectivity index (χ4v) is 2.89. The van der Waals surface area contributed by atoms with Crippen LogP contribution in [0.25, 0.3) is 11.0 Å². The number of aromatic nitrogens is 3. The molecule has 120 valence electrons. The number of H-pyrrole nitrogens is 1. The van der Waals surface area contributed by atoms with Gasteiger partial charge < -0.3 is 29.9 Å². The van der Waals surface area contributed by atoms with Crippen LogP contribution in [0.15, 0.2) is 17.1 Å². The molecule has 2 aromatic heterocycles. The number of rotatable bonds is 3. The lowest BCUT2D eigenvalue weighted by Gasteiger charge is -2.19. The average molecular weight is 332 g/mol. The first-order valence-corrected chi connectivity index (χ1v) is 7.69. The summed E-state index contributed by atoms with van der Waals surface area (Å²) in [4.78, 5) is 35.6. The van der Waals surface area contributed by atoms with E-state index in [1.807, 2.05) is 0 Å². The number of nitrogens with one attached hydrogen (secondary N) is 1. The Hall–Kier alpha value is -1.75. The van der Waals surface area contributed by atoms with Crippen molar-refractivity contribution in [3.63, 3.8) is 0 Å². The van der Waals surface area contributed by atoms with Gasteiger partial charge in [0.15, 0.2) is 11.9 Å². The first-order chi connectivity index (χ1) is 10.3. The molecule has 0 spiro atoms. The SMILES string of the molecule is Nc1nc2c(ccn2[C@@H]2OC[C@H](OP(=O)(O)O)[C@H]2O)c(=O)[nH]1. The molecular formula is C10H13N4O7P. The number of aromatic amines is 1. The molecule has 0 radical (unpaired) electrons. The van der Waals surface area contributed by atoms with E-state index >= 15 is 0 Å². The number of nitrogens with two attached hydrogens (primary N) is 1. The summed E-state index contributed by atoms with van der Waals surface area (Å²) in [6, 6.07) is 1.47. The summed E-state index contributed by atoms with van der Waals surface area (Å²) in [6.45, 7) is -0.227. The molecule has 1 fully saturated rings. The fourth-order valence-electron chi connectivity index (χ4n) is 2.35. The molecule has 1 aliphatic heterocycles. The Morgan fingerprint density at radius 1 is 1.55 bits per heavy atom. The van der Waals surface area contributed by atoms with Gasteiger partial charge in [0, 0.05) is 6.20 Å². The quantitative estimate of drug-likeness (QED) is 0.427. The Morgan fingerprint density at radius 2 is 2.27 bits per heavy atom. The summed E-state index contributed by atoms with van der Waals surface area (Å²) in [5, 5.41) is 10.4. The molecule has 0 amide bonds. The monoisotopic (exact) mass is 332 g/mol. The molecule has 1 aliphatic rings. The lowest BCUT2D eigenvalue weighted by molar-refractivity contribution is -0.0158. The number of fused-ring (bicyclic) bond motifs is 1. The summed E-state index contributed by atoms with van der Waals surface area (Å²) in [7, 11) is -4.76. The molecule has 0 unspecified atom stereocenters. The van der Waals surface area contributed by atoms with E-state index in [1.165, 1.54) is 16.8 Å². The zero-order chi connectivity index (χ0) is 16.1. The van der Waals surface area contributed by atoms with Crippen LogP contribution in [-0.4, -0.2) is 48.2 Å². The van der Waals surface area contributed by atoms with Crippen LogP contribution in [0.4, 0.5) is 5.95 Å². The Bertz CT molecular complexity index is 811. The highest BCUT2D eigenvalue weighted by Gasteiger charge is 2.41. The van der Waals surface area contributed by atoms with E-state index in [0.717, 1.165) is 0 Å². The predicted molar refractivity (Wildman–Crippen MR) is 72.7 cm³/mol. The number of anilines is 1. The van der Waals surface area contributed by atoms with E-state index in [-0.39, 0.29) is 23.6 Å². The van der Waals surface area contributed by atoms with Gasteiger partial charge in [-0.05, 0) is 6.07 Å². The van der Waals surface area contributed by atoms with E-state index in [2.05, 4.69) is 14.5 Å². The molecule has 3 rings (SSSR count). The third-order valence-electron chi connectivity index (χ3n) is 3.25. The summed E-state index contributed by atoms with van der Waals surface area (Å²) in [6.07, 6.45) is -2.11. The topological polar surface area (TPSA) is 173 Å². The molecular weight excluding hydrogens is 319 g/mol. The van der Waals surface area contributed by atoms with Gasteiger partial charge in [-0.3, -0.25) is 14.3 Å². The molecule has 3 atom stereocenters. The Labute approximate surface area is 122 Å². The van der Waals surface area contributed by atoms with Crippen molar-refractivity contribution in [2.24, 2.45) is 0 Å². The largest absolute Gasteiger partial charge is 0.470 e. The zero-order valence-electron chi connectivity index (χ0n) is 11.0. The van der Waals surface area contributed by atoms with Crippen LogP contribution >= 0.6 is 7.82 Å². The van der Waals surface area contributed by atoms with E-state index in [1.54, 1.807) is 0 Å². The van der Waals surface area contributed by atoms with Crippen LogP contribution < -0.4 is 11.3 Å². The van der Waals surface area contributed by atoms with E-state index in [9.17, 15) is 14.5 Å². The number of phosphoric ester groups is 1. The van der Waals surface area contributed by atoms with Crippen molar-refractivity contribution in [2.45, 2.75) is 18.4 Å². The summed E-state index contributed by atoms with van der Waals surface area (Å²) >= 11 is 0. The molecule has 11 nitrogen and oxygen atoms in total. The van der Waals surface area contributed by atoms with Crippen molar-refractivity contribution < 1.29 is 28.7 Å². The molecule has 22 heavy (non-hydrogen) atoms. The number of hydrogen-bond donors (Lipinski definition) is 5. The van der Waals surface area contributed by atoms with Crippen LogP contribution in [0.5, 0.6) is 0 Å². The fraction of sp³-hybridized carbons (Fsp3) is 0.400. The highest BCUT2D eigenvalue weighted by Crippen LogP contribution is 2.41. The third-order valence-corrected chi connectivity index (χ3v) is 3.80. The van der Waals surface area contributed by atoms with Gasteiger partial charge >= 0.3 is 7.82 Å². The van der Waals surface area contributed by atoms with Gasteiger partial charge in [0.1, 0.15) is 12.2 Å². The third kappa shape index (κ3) is 2.65. The van der Waals surface area contributed by atoms with Crippen molar-refractivity contribution in [1.82, 2.24) is 14.5 Å². The van der Waals surface area contributed by atoms with E-state index in [4.69, 9.17) is 20.3 Å². The van der Waals surface area contributed by atoms with Gasteiger partial charge in [0.05, 0.1) is 12.0 Å². The highest BCUT2D eigenvalue weighted by molar-refractivity contribution is 7.46. The minimum atomic E-state index is -4.76. The second kappa shape index (κ2) is 5.16. The second-order valence-electron chi connectivity index (χ2n) is 4.76. The smallest absolute Gasteiger partial charge is 0.386 e. The van der Waals surface area contributed by atoms with E-state index < -0.39 is 31.8 Å². The average Bonchev–Trinajstić information content (AvgIpc) is 2.93. The van der Waals surface area contributed by atoms with Gasteiger partial charge in [-0.25, -0.2) is 4.57 Å². The van der Waals surface area contributed by atoms with Gasteiger partial charge in [0.2, 0.25) is 5.95 Å². The van der Waals surface area contributed by atoms with Crippen molar-refractivity contribution in [3.05, 3.63) is 22.6 Å². The Morgan fingerprint density at radius 3 is 2.95 bits per heavy atom. The van der Waals surface area contributed by atoms with Crippen LogP contribution in [0.1, 0.15) is 6.23 Å². The van der Waals surface area contributed by atoms with E-state index in [0.29, 0.717) is 0 Å². The van der Waals surface area contributed by atoms with Gasteiger partial charge in [-0.15, -0.1) is 0 Å². The first kappa shape index (κ1) is 15.2. The minimum Gasteiger partial charge on any atom is -0.386 e. The number of aliphatic hydroxyl groups is 1. The maximum Gasteiger partial charge on any atom is 0.470 e. The summed E-state index contributed by atoms with van der Waals surface area (Å²) in [5.41, 5.74) is 5.22. The van der Waals surface area contributed by atoms with Gasteiger partial charge in [-0.1, -0.05) is 0 Å². The number of nitrogens with zero attached hydrogens (tertiary/aromatic N) is 2. The molecule has 6 N–H and O–H groups in total. The summed E-state index contributed by atoms with van der Waals surface area (Å²) < 4.78 is 22.0. The van der Waals surface area contributed by atoms with Crippen LogP contribution in [0, 0.1) is 0 Å². The van der Waals surface area contributed by atoms with Gasteiger partial charge in [0.25, 0.3) is 5.56 Å². The molecule has 0 bridgehead atoms. The Balaban J connectivity index is 1.96. The predicted octanol–water partition coefficient (Wildman–Crippen LogP) is -1.33. The normalized spacial score (nSPS) is 25.9. The number of ether oxygens (including phenoxy) is 1. The number of aliphatic hydroxyl groups excluding tert-OH is 1. The first-order valence-electron chi connectivity index (χ1n) is 6.16. The van der Waals surface area contributed by atoms with Crippen LogP contribution in [0.2, 0.25) is 0 Å². The molecule has 0 aliphatic carbocycles. The number of nitrogen functional groups attached to an aromatic ring is 1. The zero-order valence-corrected chi connectivity index (χ0v) is 11.9. The van der Waals surface area contributed by atoms with Crippen LogP contribution in [-0.2, 0) is 13.8 Å². The van der Waals surface area contributed by atoms with Crippen molar-refractivity contribution >= 4 is 24.8 Å². The maximum absolute atomic E-state index is 11.7. The van der Waals surface area contributed by atoms with Crippen molar-refractivity contribution in [3.8, 4) is 0 Å². The van der Waals surface area contributed by atoms with Crippen LogP contribution in [0.3, 0.4) is 0 Å². The maximum atomic E-state index is 11.7. The molecule has 0 saturated carbocycles. The molecule has 1 saturated heterocycles. The van der Waals surface area contributed by atoms with Crippen molar-refractivity contribution in [2.75, 3.05) is 12.3 Å². The number of phosphoric acid groups is 1. The highest BCUT2D eigenvalue weighted by atomic mass is 31.2. The second-order valence-corrected chi connectivity index (χ2v) is 5.95. The van der Waals surface area contributed by atoms with Gasteiger partial charge in [-0.2, -0.15) is 4.98 Å². The molecule has 3 heterocycles.